The number of fused-ring (bicyclic) bond motifs is 1. The molecule has 6 heteroatoms. The quantitative estimate of drug-likeness (QED) is 0.816. The molecular weight excluding hydrogens is 276 g/mol. The van der Waals surface area contributed by atoms with Crippen LogP contribution in [0.25, 0.3) is 0 Å². The monoisotopic (exact) mass is 289 g/mol. The molecule has 4 atom stereocenters. The number of aromatic nitrogens is 3. The third-order valence-corrected chi connectivity index (χ3v) is 4.12. The zero-order chi connectivity index (χ0) is 14.6. The Bertz CT molecular complexity index is 700. The number of hydrogen-bond donors (Lipinski definition) is 0. The molecule has 0 amide bonds. The number of Topliss-reactive ketones (excluding diaryl/α,β-unsaturated/α-hetero) is 1. The predicted octanol–water partition coefficient (Wildman–Crippen LogP) is 2.82. The molecule has 2 heterocycles. The van der Waals surface area contributed by atoms with E-state index in [1.165, 1.54) is 4.68 Å². The van der Waals surface area contributed by atoms with Crippen LogP contribution in [0, 0.1) is 5.92 Å². The Labute approximate surface area is 119 Å². The SMILES string of the molecule is O=C(c1nc2n(n1)[C@H](c1ccccc1)C[C@@H]2F)C1CC1F. The van der Waals surface area contributed by atoms with Crippen LogP contribution in [-0.2, 0) is 0 Å². The van der Waals surface area contributed by atoms with Crippen LogP contribution in [0.3, 0.4) is 0 Å². The molecule has 2 aliphatic rings. The molecule has 1 aromatic heterocycles. The molecule has 0 spiro atoms. The van der Waals surface area contributed by atoms with Crippen LogP contribution in [-0.4, -0.2) is 26.7 Å². The van der Waals surface area contributed by atoms with Crippen molar-refractivity contribution in [1.29, 1.82) is 0 Å². The van der Waals surface area contributed by atoms with Gasteiger partial charge in [0.15, 0.2) is 12.0 Å². The van der Waals surface area contributed by atoms with Gasteiger partial charge in [-0.1, -0.05) is 30.3 Å². The lowest BCUT2D eigenvalue weighted by Gasteiger charge is -2.11. The Balaban J connectivity index is 1.69. The highest BCUT2D eigenvalue weighted by Crippen LogP contribution is 2.41. The summed E-state index contributed by atoms with van der Waals surface area (Å²) in [5.41, 5.74) is 0.928. The number of ketones is 1. The number of halogens is 2. The zero-order valence-electron chi connectivity index (χ0n) is 11.1. The second kappa shape index (κ2) is 4.44. The van der Waals surface area contributed by atoms with E-state index in [4.69, 9.17) is 0 Å². The normalized spacial score (nSPS) is 30.2. The minimum absolute atomic E-state index is 0.0570. The molecule has 0 saturated heterocycles. The summed E-state index contributed by atoms with van der Waals surface area (Å²) in [6.45, 7) is 0. The first-order valence-corrected chi connectivity index (χ1v) is 6.99. The van der Waals surface area contributed by atoms with Gasteiger partial charge in [-0.25, -0.2) is 18.4 Å². The van der Waals surface area contributed by atoms with E-state index < -0.39 is 24.0 Å². The van der Waals surface area contributed by atoms with Crippen molar-refractivity contribution in [2.24, 2.45) is 5.92 Å². The molecule has 1 aromatic carbocycles. The van der Waals surface area contributed by atoms with Crippen molar-refractivity contribution >= 4 is 5.78 Å². The maximum Gasteiger partial charge on any atom is 0.218 e. The molecule has 2 aromatic rings. The summed E-state index contributed by atoms with van der Waals surface area (Å²) in [5.74, 6) is -0.938. The summed E-state index contributed by atoms with van der Waals surface area (Å²) in [6.07, 6.45) is -1.85. The third-order valence-electron chi connectivity index (χ3n) is 4.12. The lowest BCUT2D eigenvalue weighted by atomic mass is 10.0. The summed E-state index contributed by atoms with van der Waals surface area (Å²) in [4.78, 5) is 16.0. The second-order valence-electron chi connectivity index (χ2n) is 5.59. The maximum atomic E-state index is 14.1. The number of rotatable bonds is 3. The van der Waals surface area contributed by atoms with Crippen molar-refractivity contribution in [3.8, 4) is 0 Å². The summed E-state index contributed by atoms with van der Waals surface area (Å²) >= 11 is 0. The number of carbonyl (C=O) groups excluding carboxylic acids is 1. The summed E-state index contributed by atoms with van der Waals surface area (Å²) in [6, 6.07) is 9.17. The van der Waals surface area contributed by atoms with Crippen molar-refractivity contribution < 1.29 is 13.6 Å². The van der Waals surface area contributed by atoms with Crippen LogP contribution in [0.2, 0.25) is 0 Å². The Morgan fingerprint density at radius 2 is 1.90 bits per heavy atom. The smallest absolute Gasteiger partial charge is 0.218 e. The van der Waals surface area contributed by atoms with E-state index in [-0.39, 0.29) is 30.5 Å². The van der Waals surface area contributed by atoms with Crippen LogP contribution in [0.15, 0.2) is 30.3 Å². The molecule has 0 N–H and O–H groups in total. The molecule has 0 radical (unpaired) electrons. The fourth-order valence-corrected chi connectivity index (χ4v) is 2.84. The van der Waals surface area contributed by atoms with Crippen LogP contribution >= 0.6 is 0 Å². The van der Waals surface area contributed by atoms with E-state index in [1.807, 2.05) is 30.3 Å². The van der Waals surface area contributed by atoms with Gasteiger partial charge in [0.25, 0.3) is 0 Å². The number of nitrogens with zero attached hydrogens (tertiary/aromatic N) is 3. The van der Waals surface area contributed by atoms with E-state index in [0.717, 1.165) is 5.56 Å². The van der Waals surface area contributed by atoms with Gasteiger partial charge in [0.2, 0.25) is 11.6 Å². The van der Waals surface area contributed by atoms with Crippen molar-refractivity contribution in [3.63, 3.8) is 0 Å². The largest absolute Gasteiger partial charge is 0.290 e. The number of carbonyl (C=O) groups is 1. The third kappa shape index (κ3) is 1.97. The highest BCUT2D eigenvalue weighted by molar-refractivity contribution is 5.96. The van der Waals surface area contributed by atoms with E-state index in [1.54, 1.807) is 0 Å². The number of hydrogen-bond acceptors (Lipinski definition) is 3. The standard InChI is InChI=1S/C15H13F2N3O/c16-10-6-9(10)13(21)14-18-15-11(17)7-12(20(15)19-14)8-4-2-1-3-5-8/h1-5,9-12H,6-7H2/t9?,10?,11-,12-/m0/s1. The van der Waals surface area contributed by atoms with Gasteiger partial charge >= 0.3 is 0 Å². The van der Waals surface area contributed by atoms with Crippen molar-refractivity contribution in [2.45, 2.75) is 31.2 Å². The van der Waals surface area contributed by atoms with Crippen LogP contribution in [0.4, 0.5) is 8.78 Å². The van der Waals surface area contributed by atoms with Gasteiger partial charge in [0.05, 0.1) is 12.0 Å². The van der Waals surface area contributed by atoms with Gasteiger partial charge in [0, 0.05) is 6.42 Å². The topological polar surface area (TPSA) is 47.8 Å². The van der Waals surface area contributed by atoms with Crippen molar-refractivity contribution in [1.82, 2.24) is 14.8 Å². The minimum Gasteiger partial charge on any atom is -0.290 e. The first kappa shape index (κ1) is 12.6. The Morgan fingerprint density at radius 3 is 2.57 bits per heavy atom. The average molecular weight is 289 g/mol. The average Bonchev–Trinajstić information content (AvgIpc) is 2.95. The fourth-order valence-electron chi connectivity index (χ4n) is 2.84. The first-order valence-electron chi connectivity index (χ1n) is 6.99. The lowest BCUT2D eigenvalue weighted by Crippen LogP contribution is -2.11. The highest BCUT2D eigenvalue weighted by Gasteiger charge is 2.46. The maximum absolute atomic E-state index is 14.1. The number of alkyl halides is 2. The van der Waals surface area contributed by atoms with Gasteiger partial charge in [0.1, 0.15) is 6.17 Å². The van der Waals surface area contributed by atoms with Gasteiger partial charge < -0.3 is 0 Å². The Kier molecular flexibility index (Phi) is 2.67. The second-order valence-corrected chi connectivity index (χ2v) is 5.59. The molecule has 108 valence electrons. The van der Waals surface area contributed by atoms with Crippen LogP contribution in [0.5, 0.6) is 0 Å². The lowest BCUT2D eigenvalue weighted by molar-refractivity contribution is 0.0946. The Hall–Kier alpha value is -2.11. The molecule has 0 bridgehead atoms. The van der Waals surface area contributed by atoms with E-state index in [2.05, 4.69) is 10.1 Å². The molecule has 4 rings (SSSR count). The van der Waals surface area contributed by atoms with Crippen molar-refractivity contribution in [3.05, 3.63) is 47.5 Å². The first-order chi connectivity index (χ1) is 10.1. The van der Waals surface area contributed by atoms with Gasteiger partial charge in [-0.2, -0.15) is 0 Å². The Morgan fingerprint density at radius 1 is 1.19 bits per heavy atom. The minimum atomic E-state index is -1.25. The van der Waals surface area contributed by atoms with Gasteiger partial charge in [-0.05, 0) is 12.0 Å². The summed E-state index contributed by atoms with van der Waals surface area (Å²) < 4.78 is 28.6. The molecule has 1 saturated carbocycles. The van der Waals surface area contributed by atoms with Gasteiger partial charge in [-0.3, -0.25) is 4.79 Å². The molecule has 2 unspecified atom stereocenters. The number of benzene rings is 1. The highest BCUT2D eigenvalue weighted by atomic mass is 19.1. The van der Waals surface area contributed by atoms with Crippen molar-refractivity contribution in [2.75, 3.05) is 0 Å². The molecular formula is C15H13F2N3O. The molecule has 1 aliphatic heterocycles. The fraction of sp³-hybridized carbons (Fsp3) is 0.400. The van der Waals surface area contributed by atoms with E-state index in [9.17, 15) is 13.6 Å². The predicted molar refractivity (Wildman–Crippen MR) is 70.4 cm³/mol. The summed E-state index contributed by atoms with van der Waals surface area (Å²) in [5, 5.41) is 4.14. The molecule has 4 nitrogen and oxygen atoms in total. The van der Waals surface area contributed by atoms with Crippen LogP contribution in [0.1, 0.15) is 47.1 Å². The van der Waals surface area contributed by atoms with E-state index >= 15 is 0 Å². The van der Waals surface area contributed by atoms with Gasteiger partial charge in [-0.15, -0.1) is 5.10 Å². The zero-order valence-corrected chi connectivity index (χ0v) is 11.1. The molecule has 1 fully saturated rings. The summed E-state index contributed by atoms with van der Waals surface area (Å²) in [7, 11) is 0. The van der Waals surface area contributed by atoms with E-state index in [0.29, 0.717) is 0 Å². The molecule has 21 heavy (non-hydrogen) atoms. The molecule has 1 aliphatic carbocycles. The van der Waals surface area contributed by atoms with Crippen LogP contribution < -0.4 is 0 Å².